The highest BCUT2D eigenvalue weighted by atomic mass is 127. The minimum Gasteiger partial charge on any atom is -0.377 e. The van der Waals surface area contributed by atoms with E-state index < -0.39 is 0 Å². The number of piperazine rings is 1. The maximum Gasteiger partial charge on any atom is 0.194 e. The van der Waals surface area contributed by atoms with E-state index in [4.69, 9.17) is 9.73 Å². The Kier molecular flexibility index (Phi) is 6.06. The molecular formula is C22H33IN4O. The van der Waals surface area contributed by atoms with Crippen LogP contribution in [0.15, 0.2) is 35.3 Å². The summed E-state index contributed by atoms with van der Waals surface area (Å²) in [4.78, 5) is 9.83. The van der Waals surface area contributed by atoms with Crippen molar-refractivity contribution in [1.82, 2.24) is 10.2 Å². The van der Waals surface area contributed by atoms with Gasteiger partial charge in [-0.15, -0.1) is 24.0 Å². The maximum atomic E-state index is 6.09. The Morgan fingerprint density at radius 2 is 1.93 bits per heavy atom. The summed E-state index contributed by atoms with van der Waals surface area (Å²) < 4.78 is 6.09. The van der Waals surface area contributed by atoms with Crippen molar-refractivity contribution < 1.29 is 4.74 Å². The first-order chi connectivity index (χ1) is 13.3. The standard InChI is InChI=1S/C22H32N4O.HI/c1-2-23-21(24-19-18-9-16-27-20(18)22(19)10-6-11-22)26-14-12-25(13-15-26)17-7-4-3-5-8-17;/h3-5,7-8,18-20H,2,6,9-16H2,1H3,(H,23,24);1H. The molecular weight excluding hydrogens is 463 g/mol. The molecule has 0 bridgehead atoms. The summed E-state index contributed by atoms with van der Waals surface area (Å²) in [5.74, 6) is 1.82. The third-order valence-corrected chi connectivity index (χ3v) is 7.33. The molecule has 2 saturated carbocycles. The van der Waals surface area contributed by atoms with Gasteiger partial charge in [0, 0.05) is 62.4 Å². The number of halogens is 1. The lowest BCUT2D eigenvalue weighted by atomic mass is 9.46. The predicted octanol–water partition coefficient (Wildman–Crippen LogP) is 3.35. The van der Waals surface area contributed by atoms with Crippen molar-refractivity contribution in [3.63, 3.8) is 0 Å². The van der Waals surface area contributed by atoms with Crippen molar-refractivity contribution >= 4 is 35.6 Å². The lowest BCUT2D eigenvalue weighted by molar-refractivity contribution is -0.171. The zero-order valence-electron chi connectivity index (χ0n) is 16.8. The second-order valence-corrected chi connectivity index (χ2v) is 8.56. The zero-order valence-corrected chi connectivity index (χ0v) is 19.2. The van der Waals surface area contributed by atoms with Gasteiger partial charge in [-0.3, -0.25) is 4.99 Å². The molecule has 4 aliphatic rings. The fraction of sp³-hybridized carbons (Fsp3) is 0.682. The lowest BCUT2D eigenvalue weighted by Gasteiger charge is -2.63. The summed E-state index contributed by atoms with van der Waals surface area (Å²) in [6.45, 7) is 8.11. The molecule has 3 atom stereocenters. The van der Waals surface area contributed by atoms with E-state index in [0.717, 1.165) is 45.3 Å². The van der Waals surface area contributed by atoms with Crippen LogP contribution < -0.4 is 10.2 Å². The summed E-state index contributed by atoms with van der Waals surface area (Å²) in [6, 6.07) is 11.3. The first-order valence-corrected chi connectivity index (χ1v) is 10.8. The van der Waals surface area contributed by atoms with Crippen LogP contribution in [-0.2, 0) is 4.74 Å². The number of hydrogen-bond acceptors (Lipinski definition) is 3. The molecule has 154 valence electrons. The average molecular weight is 496 g/mol. The van der Waals surface area contributed by atoms with Gasteiger partial charge in [0.25, 0.3) is 0 Å². The van der Waals surface area contributed by atoms with Gasteiger partial charge in [-0.05, 0) is 38.3 Å². The second-order valence-electron chi connectivity index (χ2n) is 8.56. The smallest absolute Gasteiger partial charge is 0.194 e. The summed E-state index contributed by atoms with van der Waals surface area (Å²) in [6.07, 6.45) is 5.74. The normalized spacial score (nSPS) is 30.9. The van der Waals surface area contributed by atoms with Gasteiger partial charge in [0.1, 0.15) is 0 Å². The average Bonchev–Trinajstić information content (AvgIpc) is 3.10. The molecule has 4 fully saturated rings. The number of benzene rings is 1. The monoisotopic (exact) mass is 496 g/mol. The molecule has 1 aromatic rings. The molecule has 0 amide bonds. The third-order valence-electron chi connectivity index (χ3n) is 7.33. The van der Waals surface area contributed by atoms with Gasteiger partial charge in [0.2, 0.25) is 0 Å². The molecule has 0 aromatic heterocycles. The van der Waals surface area contributed by atoms with Gasteiger partial charge in [-0.25, -0.2) is 0 Å². The molecule has 1 aromatic carbocycles. The van der Waals surface area contributed by atoms with E-state index in [2.05, 4.69) is 52.4 Å². The van der Waals surface area contributed by atoms with E-state index >= 15 is 0 Å². The van der Waals surface area contributed by atoms with Crippen LogP contribution in [0, 0.1) is 11.3 Å². The molecule has 2 aliphatic carbocycles. The van der Waals surface area contributed by atoms with Crippen LogP contribution in [0.5, 0.6) is 0 Å². The number of nitrogens with zero attached hydrogens (tertiary/aromatic N) is 3. The maximum absolute atomic E-state index is 6.09. The van der Waals surface area contributed by atoms with Crippen LogP contribution in [-0.4, -0.2) is 62.3 Å². The number of aliphatic imine (C=N–C) groups is 1. The lowest BCUT2D eigenvalue weighted by Crippen LogP contribution is -2.73. The van der Waals surface area contributed by atoms with E-state index in [1.54, 1.807) is 0 Å². The Labute approximate surface area is 185 Å². The van der Waals surface area contributed by atoms with Crippen molar-refractivity contribution in [3.05, 3.63) is 30.3 Å². The van der Waals surface area contributed by atoms with Gasteiger partial charge in [-0.2, -0.15) is 0 Å². The Morgan fingerprint density at radius 3 is 2.57 bits per heavy atom. The quantitative estimate of drug-likeness (QED) is 0.396. The molecule has 5 rings (SSSR count). The van der Waals surface area contributed by atoms with Crippen molar-refractivity contribution in [3.8, 4) is 0 Å². The minimum atomic E-state index is 0. The summed E-state index contributed by atoms with van der Waals surface area (Å²) in [7, 11) is 0. The molecule has 0 radical (unpaired) electrons. The Balaban J connectivity index is 0.00000192. The molecule has 28 heavy (non-hydrogen) atoms. The molecule has 5 nitrogen and oxygen atoms in total. The number of rotatable bonds is 3. The summed E-state index contributed by atoms with van der Waals surface area (Å²) >= 11 is 0. The number of ether oxygens (including phenoxy) is 1. The topological polar surface area (TPSA) is 40.1 Å². The van der Waals surface area contributed by atoms with Crippen LogP contribution in [0.1, 0.15) is 32.6 Å². The first kappa shape index (κ1) is 20.3. The number of para-hydroxylation sites is 1. The molecule has 6 heteroatoms. The molecule has 2 saturated heterocycles. The third kappa shape index (κ3) is 3.30. The first-order valence-electron chi connectivity index (χ1n) is 10.8. The summed E-state index contributed by atoms with van der Waals surface area (Å²) in [5.41, 5.74) is 1.74. The zero-order chi connectivity index (χ0) is 18.3. The van der Waals surface area contributed by atoms with Gasteiger partial charge in [-0.1, -0.05) is 24.6 Å². The number of fused-ring (bicyclic) bond motifs is 2. The minimum absolute atomic E-state index is 0. The predicted molar refractivity (Wildman–Crippen MR) is 125 cm³/mol. The fourth-order valence-corrected chi connectivity index (χ4v) is 5.80. The largest absolute Gasteiger partial charge is 0.377 e. The van der Waals surface area contributed by atoms with Crippen LogP contribution in [0.2, 0.25) is 0 Å². The van der Waals surface area contributed by atoms with E-state index in [0.29, 0.717) is 23.5 Å². The Bertz CT molecular complexity index is 685. The van der Waals surface area contributed by atoms with Gasteiger partial charge >= 0.3 is 0 Å². The van der Waals surface area contributed by atoms with Crippen LogP contribution in [0.3, 0.4) is 0 Å². The Morgan fingerprint density at radius 1 is 1.18 bits per heavy atom. The highest BCUT2D eigenvalue weighted by molar-refractivity contribution is 14.0. The van der Waals surface area contributed by atoms with Crippen molar-refractivity contribution in [2.75, 3.05) is 44.2 Å². The highest BCUT2D eigenvalue weighted by Crippen LogP contribution is 2.62. The number of anilines is 1. The van der Waals surface area contributed by atoms with Crippen molar-refractivity contribution in [2.24, 2.45) is 16.3 Å². The van der Waals surface area contributed by atoms with E-state index in [1.807, 2.05) is 0 Å². The van der Waals surface area contributed by atoms with Crippen molar-refractivity contribution in [1.29, 1.82) is 0 Å². The fourth-order valence-electron chi connectivity index (χ4n) is 5.80. The van der Waals surface area contributed by atoms with Crippen LogP contribution in [0.25, 0.3) is 0 Å². The number of nitrogens with one attached hydrogen (secondary N) is 1. The molecule has 2 heterocycles. The molecule has 1 spiro atoms. The molecule has 3 unspecified atom stereocenters. The molecule has 2 aliphatic heterocycles. The van der Waals surface area contributed by atoms with Gasteiger partial charge in [0.15, 0.2) is 5.96 Å². The highest BCUT2D eigenvalue weighted by Gasteiger charge is 2.66. The Hall–Kier alpha value is -1.02. The van der Waals surface area contributed by atoms with Crippen molar-refractivity contribution in [2.45, 2.75) is 44.8 Å². The van der Waals surface area contributed by atoms with Crippen LogP contribution in [0.4, 0.5) is 5.69 Å². The van der Waals surface area contributed by atoms with Gasteiger partial charge in [0.05, 0.1) is 6.10 Å². The number of guanidine groups is 1. The SMILES string of the molecule is CCN=C(NC1C2CCOC2C12CCC2)N1CCN(c2ccccc2)CC1.I. The number of hydrogen-bond donors (Lipinski definition) is 1. The van der Waals surface area contributed by atoms with E-state index in [9.17, 15) is 0 Å². The van der Waals surface area contributed by atoms with Gasteiger partial charge < -0.3 is 19.9 Å². The summed E-state index contributed by atoms with van der Waals surface area (Å²) in [5, 5.41) is 3.92. The van der Waals surface area contributed by atoms with Crippen LogP contribution >= 0.6 is 24.0 Å². The van der Waals surface area contributed by atoms with E-state index in [1.165, 1.54) is 31.4 Å². The second kappa shape index (κ2) is 8.38. The molecule has 1 N–H and O–H groups in total. The van der Waals surface area contributed by atoms with E-state index in [-0.39, 0.29) is 24.0 Å².